The number of hydrazone groups is 2. The molecule has 0 radical (unpaired) electrons. The van der Waals surface area contributed by atoms with Gasteiger partial charge in [-0.3, -0.25) is 19.6 Å². The van der Waals surface area contributed by atoms with Crippen molar-refractivity contribution in [3.8, 4) is 23.3 Å². The van der Waals surface area contributed by atoms with Crippen LogP contribution in [0.1, 0.15) is 35.1 Å². The number of benzene rings is 6. The largest absolute Gasteiger partial charge is 0.488 e. The smallest absolute Gasteiger partial charge is 0.423 e. The van der Waals surface area contributed by atoms with E-state index < -0.39 is 79.3 Å². The number of carbonyl (C=O) groups is 2. The van der Waals surface area contributed by atoms with Gasteiger partial charge < -0.3 is 20.7 Å². The van der Waals surface area contributed by atoms with Crippen LogP contribution in [0, 0.1) is 48.1 Å². The highest BCUT2D eigenvalue weighted by Gasteiger charge is 2.47. The number of halogens is 9. The molecule has 0 aromatic heterocycles. The van der Waals surface area contributed by atoms with Crippen LogP contribution >= 0.6 is 15.9 Å². The van der Waals surface area contributed by atoms with Crippen LogP contribution in [0.2, 0.25) is 0 Å². The molecule has 0 aliphatic carbocycles. The zero-order valence-electron chi connectivity index (χ0n) is 37.6. The lowest BCUT2D eigenvalue weighted by atomic mass is 9.77. The highest BCUT2D eigenvalue weighted by molar-refractivity contribution is 9.10. The van der Waals surface area contributed by atoms with Crippen LogP contribution in [0.25, 0.3) is 11.1 Å². The first kappa shape index (κ1) is 53.4. The number of aryl methyl sites for hydroxylation is 2. The molecule has 0 saturated heterocycles. The fraction of sp³-hybridized carbons (Fsp3) is 0.160. The van der Waals surface area contributed by atoms with Gasteiger partial charge in [0.1, 0.15) is 35.1 Å². The molecule has 0 bridgehead atoms. The van der Waals surface area contributed by atoms with Gasteiger partial charge >= 0.3 is 19.5 Å². The zero-order chi connectivity index (χ0) is 52.5. The topological polar surface area (TPSA) is 177 Å². The van der Waals surface area contributed by atoms with Crippen molar-refractivity contribution in [2.75, 3.05) is 20.7 Å². The Bertz CT molecular complexity index is 3140. The minimum atomic E-state index is -4.74. The van der Waals surface area contributed by atoms with Crippen molar-refractivity contribution in [2.24, 2.45) is 10.2 Å². The summed E-state index contributed by atoms with van der Waals surface area (Å²) < 4.78 is 109. The van der Waals surface area contributed by atoms with Crippen LogP contribution in [0.15, 0.2) is 148 Å². The van der Waals surface area contributed by atoms with Gasteiger partial charge in [-0.2, -0.15) is 47.1 Å². The molecule has 2 amide bonds. The number of anilines is 4. The van der Waals surface area contributed by atoms with E-state index in [0.717, 1.165) is 32.8 Å². The van der Waals surface area contributed by atoms with Gasteiger partial charge in [-0.05, 0) is 103 Å². The maximum Gasteiger partial charge on any atom is 0.488 e. The van der Waals surface area contributed by atoms with Crippen molar-refractivity contribution in [1.82, 2.24) is 0 Å². The first-order chi connectivity index (χ1) is 34.1. The van der Waals surface area contributed by atoms with Crippen molar-refractivity contribution < 1.29 is 54.8 Å². The maximum absolute atomic E-state index is 14.8. The second kappa shape index (κ2) is 22.9. The average molecular weight is 1060 g/mol. The number of hydrogen-bond donors (Lipinski definition) is 4. The number of alkyl halides is 6. The van der Waals surface area contributed by atoms with Crippen LogP contribution in [0.4, 0.5) is 57.9 Å². The fourth-order valence-electron chi connectivity index (χ4n) is 7.26. The predicted molar refractivity (Wildman–Crippen MR) is 260 cm³/mol. The average Bonchev–Trinajstić information content (AvgIpc) is 4.02. The molecule has 12 nitrogen and oxygen atoms in total. The lowest BCUT2D eigenvalue weighted by Crippen LogP contribution is -2.39. The molecule has 6 aromatic rings. The molecule has 368 valence electrons. The molecule has 0 spiro atoms. The number of amides is 2. The van der Waals surface area contributed by atoms with E-state index in [9.17, 15) is 44.7 Å². The van der Waals surface area contributed by atoms with E-state index in [1.54, 1.807) is 18.2 Å². The highest BCUT2D eigenvalue weighted by Crippen LogP contribution is 2.35. The first-order valence-electron chi connectivity index (χ1n) is 21.3. The lowest BCUT2D eigenvalue weighted by molar-refractivity contribution is -0.118. The normalized spacial score (nSPS) is 15.1. The van der Waals surface area contributed by atoms with E-state index >= 15 is 0 Å². The minimum Gasteiger partial charge on any atom is -0.423 e. The summed E-state index contributed by atoms with van der Waals surface area (Å²) in [6, 6.07) is 35.2. The fourth-order valence-corrected chi connectivity index (χ4v) is 7.60. The molecule has 2 atom stereocenters. The summed E-state index contributed by atoms with van der Waals surface area (Å²) >= 11 is 3.08. The van der Waals surface area contributed by atoms with Gasteiger partial charge in [0.25, 0.3) is 0 Å². The summed E-state index contributed by atoms with van der Waals surface area (Å²) in [4.78, 5) is 25.6. The van der Waals surface area contributed by atoms with Gasteiger partial charge in [-0.15, -0.1) is 0 Å². The number of nitriles is 2. The van der Waals surface area contributed by atoms with Crippen molar-refractivity contribution in [3.63, 3.8) is 0 Å². The highest BCUT2D eigenvalue weighted by atomic mass is 79.9. The monoisotopic (exact) mass is 1060 g/mol. The van der Waals surface area contributed by atoms with Crippen molar-refractivity contribution in [3.05, 3.63) is 172 Å². The Morgan fingerprint density at radius 1 is 0.639 bits per heavy atom. The summed E-state index contributed by atoms with van der Waals surface area (Å²) in [6.45, 7) is 3.73. The van der Waals surface area contributed by atoms with E-state index in [1.165, 1.54) is 72.8 Å². The third-order valence-electron chi connectivity index (χ3n) is 10.9. The molecular weight excluding hydrogens is 1020 g/mol. The van der Waals surface area contributed by atoms with Crippen molar-refractivity contribution >= 4 is 74.5 Å². The summed E-state index contributed by atoms with van der Waals surface area (Å²) in [5.74, 6) is -3.17. The standard InChI is InChI=1S/C25H18F4N4O.C18H11BrF4N4O.C7H9BO2/c1-15-5-2-3-8-19(15)17-9-10-21(20(26)12-17)31-24(34)22-13-23(25(27,28)29)32-33(22)18-7-4-6-16(11-18)14-30;19-11-4-5-14(13(20)7-11)25-17(28)15-8-16(18(21,22)23)26-27(15)12-3-1-2-10(6-12)9-24;1-6-4-2-3-5-7(6)8(9)10/h2-12,22H,13H2,1H3,(H,31,34);1-7,15H,8H2,(H,25,28);2-5,9-10H,1H3. The van der Waals surface area contributed by atoms with Crippen molar-refractivity contribution in [1.29, 1.82) is 10.5 Å². The van der Waals surface area contributed by atoms with Gasteiger partial charge in [0, 0.05) is 17.3 Å². The summed E-state index contributed by atoms with van der Waals surface area (Å²) in [6.07, 6.45) is -10.9. The first-order valence-corrected chi connectivity index (χ1v) is 22.1. The quantitative estimate of drug-likeness (QED) is 0.0860. The molecule has 2 heterocycles. The third kappa shape index (κ3) is 13.3. The number of nitrogens with zero attached hydrogens (tertiary/aromatic N) is 6. The van der Waals surface area contributed by atoms with Crippen LogP contribution in [0.5, 0.6) is 0 Å². The summed E-state index contributed by atoms with van der Waals surface area (Å²) in [5, 5.41) is 49.3. The molecule has 22 heteroatoms. The maximum atomic E-state index is 14.8. The summed E-state index contributed by atoms with van der Waals surface area (Å²) in [5.41, 5.74) is 1.94. The molecule has 0 fully saturated rings. The van der Waals surface area contributed by atoms with Gasteiger partial charge in [0.15, 0.2) is 0 Å². The van der Waals surface area contributed by atoms with Gasteiger partial charge in [0.05, 0.1) is 46.0 Å². The van der Waals surface area contributed by atoms with E-state index in [0.29, 0.717) is 15.5 Å². The van der Waals surface area contributed by atoms with Gasteiger partial charge in [0.2, 0.25) is 11.8 Å². The molecule has 0 saturated carbocycles. The SMILES string of the molecule is Cc1ccccc1-c1ccc(NC(=O)C2CC(C(F)(F)F)=NN2c2cccc(C#N)c2)c(F)c1.Cc1ccccc1B(O)O.N#Cc1cccc(N2N=C(C(F)(F)F)CC2C(=O)Nc2ccc(Br)cc2F)c1. The van der Waals surface area contributed by atoms with Crippen molar-refractivity contribution in [2.45, 2.75) is 51.1 Å². The van der Waals surface area contributed by atoms with E-state index in [2.05, 4.69) is 36.8 Å². The summed E-state index contributed by atoms with van der Waals surface area (Å²) in [7, 11) is -1.35. The number of rotatable bonds is 8. The van der Waals surface area contributed by atoms with Crippen LogP contribution in [-0.2, 0) is 9.59 Å². The molecule has 8 rings (SSSR count). The molecule has 2 aliphatic heterocycles. The predicted octanol–water partition coefficient (Wildman–Crippen LogP) is 10.1. The number of nitrogens with one attached hydrogen (secondary N) is 2. The molecule has 6 aromatic carbocycles. The Balaban J connectivity index is 0.000000200. The van der Waals surface area contributed by atoms with E-state index in [1.807, 2.05) is 62.4 Å². The van der Waals surface area contributed by atoms with E-state index in [4.69, 9.17) is 20.6 Å². The van der Waals surface area contributed by atoms with Gasteiger partial charge in [-0.25, -0.2) is 8.78 Å². The molecule has 2 aliphatic rings. The van der Waals surface area contributed by atoms with Crippen LogP contribution < -0.4 is 26.1 Å². The van der Waals surface area contributed by atoms with Crippen LogP contribution in [-0.4, -0.2) is 64.8 Å². The Labute approximate surface area is 415 Å². The zero-order valence-corrected chi connectivity index (χ0v) is 39.2. The Kier molecular flexibility index (Phi) is 17.0. The Morgan fingerprint density at radius 2 is 1.10 bits per heavy atom. The molecule has 2 unspecified atom stereocenters. The Hall–Kier alpha value is -7.92. The number of carbonyl (C=O) groups excluding carboxylic acids is 2. The van der Waals surface area contributed by atoms with Crippen LogP contribution in [0.3, 0.4) is 0 Å². The van der Waals surface area contributed by atoms with E-state index in [-0.39, 0.29) is 33.9 Å². The minimum absolute atomic E-state index is 0.147. The molecular formula is C50H38BBrF8N8O4. The lowest BCUT2D eigenvalue weighted by Gasteiger charge is -2.23. The molecule has 4 N–H and O–H groups in total. The third-order valence-corrected chi connectivity index (χ3v) is 11.4. The number of hydrogen-bond acceptors (Lipinski definition) is 10. The second-order valence-electron chi connectivity index (χ2n) is 15.9. The molecule has 72 heavy (non-hydrogen) atoms. The second-order valence-corrected chi connectivity index (χ2v) is 16.8. The Morgan fingerprint density at radius 3 is 1.51 bits per heavy atom. The van der Waals surface area contributed by atoms with Gasteiger partial charge in [-0.1, -0.05) is 88.2 Å².